The number of anilines is 1. The van der Waals surface area contributed by atoms with Crippen molar-refractivity contribution in [2.45, 2.75) is 13.5 Å². The van der Waals surface area contributed by atoms with E-state index < -0.39 is 0 Å². The Balaban J connectivity index is 1.57. The maximum Gasteiger partial charge on any atom is 0.271 e. The highest BCUT2D eigenvalue weighted by Gasteiger charge is 2.05. The fraction of sp³-hybridized carbons (Fsp3) is 0.0870. The molecule has 146 valence electrons. The zero-order valence-corrected chi connectivity index (χ0v) is 16.0. The summed E-state index contributed by atoms with van der Waals surface area (Å²) in [4.78, 5) is 23.4. The van der Waals surface area contributed by atoms with Crippen LogP contribution in [0.15, 0.2) is 84.0 Å². The summed E-state index contributed by atoms with van der Waals surface area (Å²) in [5.74, 6) is 0.145. The van der Waals surface area contributed by atoms with E-state index in [9.17, 15) is 9.59 Å². The maximum absolute atomic E-state index is 12.2. The molecule has 0 aromatic heterocycles. The average Bonchev–Trinajstić information content (AvgIpc) is 2.73. The lowest BCUT2D eigenvalue weighted by Crippen LogP contribution is -2.18. The van der Waals surface area contributed by atoms with Crippen molar-refractivity contribution in [1.82, 2.24) is 5.43 Å². The van der Waals surface area contributed by atoms with Crippen LogP contribution in [0.5, 0.6) is 5.75 Å². The standard InChI is InChI=1S/C23H21N3O3/c1-17(27)25-21-11-6-10-20(14-21)23(28)26-24-15-19-9-5-12-22(13-19)29-16-18-7-3-2-4-8-18/h2-15H,16H2,1H3,(H,25,27)(H,26,28). The fourth-order valence-corrected chi connectivity index (χ4v) is 2.60. The van der Waals surface area contributed by atoms with Gasteiger partial charge in [-0.1, -0.05) is 48.5 Å². The molecule has 3 aromatic rings. The third kappa shape index (κ3) is 6.32. The first-order valence-electron chi connectivity index (χ1n) is 9.08. The normalized spacial score (nSPS) is 10.5. The lowest BCUT2D eigenvalue weighted by atomic mass is 10.2. The molecular formula is C23H21N3O3. The molecule has 0 spiro atoms. The predicted octanol–water partition coefficient (Wildman–Crippen LogP) is 3.99. The van der Waals surface area contributed by atoms with E-state index in [4.69, 9.17) is 4.74 Å². The molecule has 0 unspecified atom stereocenters. The maximum atomic E-state index is 12.2. The van der Waals surface area contributed by atoms with E-state index in [0.717, 1.165) is 11.1 Å². The van der Waals surface area contributed by atoms with Crippen LogP contribution in [-0.2, 0) is 11.4 Å². The van der Waals surface area contributed by atoms with Gasteiger partial charge in [0.05, 0.1) is 6.21 Å². The highest BCUT2D eigenvalue weighted by Crippen LogP contribution is 2.14. The van der Waals surface area contributed by atoms with Crippen LogP contribution < -0.4 is 15.5 Å². The number of hydrazone groups is 1. The highest BCUT2D eigenvalue weighted by atomic mass is 16.5. The minimum atomic E-state index is -0.370. The topological polar surface area (TPSA) is 79.8 Å². The molecule has 2 amide bonds. The van der Waals surface area contributed by atoms with Gasteiger partial charge in [-0.25, -0.2) is 5.43 Å². The van der Waals surface area contributed by atoms with Crippen LogP contribution in [0.2, 0.25) is 0 Å². The Morgan fingerprint density at radius 1 is 0.966 bits per heavy atom. The number of benzene rings is 3. The Morgan fingerprint density at radius 2 is 1.76 bits per heavy atom. The molecule has 0 radical (unpaired) electrons. The number of amides is 2. The van der Waals surface area contributed by atoms with Crippen LogP contribution in [0.3, 0.4) is 0 Å². The van der Waals surface area contributed by atoms with Gasteiger partial charge in [0.2, 0.25) is 5.91 Å². The third-order valence-corrected chi connectivity index (χ3v) is 3.93. The number of ether oxygens (including phenoxy) is 1. The van der Waals surface area contributed by atoms with Crippen LogP contribution in [0, 0.1) is 0 Å². The van der Waals surface area contributed by atoms with Gasteiger partial charge in [-0.2, -0.15) is 5.10 Å². The number of carbonyl (C=O) groups is 2. The molecule has 29 heavy (non-hydrogen) atoms. The Morgan fingerprint density at radius 3 is 2.55 bits per heavy atom. The Kier molecular flexibility index (Phi) is 6.73. The smallest absolute Gasteiger partial charge is 0.271 e. The first kappa shape index (κ1) is 19.8. The van der Waals surface area contributed by atoms with Crippen molar-refractivity contribution in [1.29, 1.82) is 0 Å². The van der Waals surface area contributed by atoms with Crippen molar-refractivity contribution in [2.75, 3.05) is 5.32 Å². The van der Waals surface area contributed by atoms with E-state index in [2.05, 4.69) is 15.8 Å². The molecule has 0 aliphatic rings. The van der Waals surface area contributed by atoms with E-state index in [1.807, 2.05) is 54.6 Å². The number of nitrogens with zero attached hydrogens (tertiary/aromatic N) is 1. The number of rotatable bonds is 7. The zero-order valence-electron chi connectivity index (χ0n) is 16.0. The van der Waals surface area contributed by atoms with Gasteiger partial charge in [-0.3, -0.25) is 9.59 Å². The number of carbonyl (C=O) groups excluding carboxylic acids is 2. The Hall–Kier alpha value is -3.93. The van der Waals surface area contributed by atoms with Crippen LogP contribution in [0.25, 0.3) is 0 Å². The molecule has 0 fully saturated rings. The molecule has 3 aromatic carbocycles. The molecule has 6 heteroatoms. The van der Waals surface area contributed by atoms with E-state index in [1.165, 1.54) is 6.92 Å². The summed E-state index contributed by atoms with van der Waals surface area (Å²) in [6.07, 6.45) is 1.55. The largest absolute Gasteiger partial charge is 0.489 e. The second-order valence-corrected chi connectivity index (χ2v) is 6.31. The van der Waals surface area contributed by atoms with E-state index in [-0.39, 0.29) is 11.8 Å². The molecule has 6 nitrogen and oxygen atoms in total. The summed E-state index contributed by atoms with van der Waals surface area (Å²) >= 11 is 0. The van der Waals surface area contributed by atoms with Crippen LogP contribution in [0.1, 0.15) is 28.4 Å². The average molecular weight is 387 g/mol. The summed E-state index contributed by atoms with van der Waals surface area (Å²) in [6.45, 7) is 1.89. The third-order valence-electron chi connectivity index (χ3n) is 3.93. The van der Waals surface area contributed by atoms with Gasteiger partial charge >= 0.3 is 0 Å². The van der Waals surface area contributed by atoms with Crippen LogP contribution in [-0.4, -0.2) is 18.0 Å². The van der Waals surface area contributed by atoms with E-state index in [1.54, 1.807) is 30.5 Å². The van der Waals surface area contributed by atoms with Crippen LogP contribution in [0.4, 0.5) is 5.69 Å². The van der Waals surface area contributed by atoms with Crippen molar-refractivity contribution in [2.24, 2.45) is 5.10 Å². The van der Waals surface area contributed by atoms with Crippen molar-refractivity contribution >= 4 is 23.7 Å². The van der Waals surface area contributed by atoms with Crippen molar-refractivity contribution in [3.8, 4) is 5.75 Å². The quantitative estimate of drug-likeness (QED) is 0.475. The lowest BCUT2D eigenvalue weighted by Gasteiger charge is -2.07. The summed E-state index contributed by atoms with van der Waals surface area (Å²) in [5, 5.41) is 6.64. The molecule has 0 saturated carbocycles. The zero-order chi connectivity index (χ0) is 20.5. The first-order valence-corrected chi connectivity index (χ1v) is 9.08. The van der Waals surface area contributed by atoms with Crippen molar-refractivity contribution < 1.29 is 14.3 Å². The van der Waals surface area contributed by atoms with Gasteiger partial charge in [0.15, 0.2) is 0 Å². The summed E-state index contributed by atoms with van der Waals surface area (Å²) in [6, 6.07) is 24.0. The minimum absolute atomic E-state index is 0.199. The first-order chi connectivity index (χ1) is 14.1. The molecule has 0 bridgehead atoms. The van der Waals surface area contributed by atoms with Crippen molar-refractivity contribution in [3.05, 3.63) is 95.6 Å². The van der Waals surface area contributed by atoms with Crippen LogP contribution >= 0.6 is 0 Å². The molecule has 0 atom stereocenters. The molecule has 0 heterocycles. The second kappa shape index (κ2) is 9.85. The lowest BCUT2D eigenvalue weighted by molar-refractivity contribution is -0.114. The number of hydrogen-bond acceptors (Lipinski definition) is 4. The molecule has 3 rings (SSSR count). The van der Waals surface area contributed by atoms with Gasteiger partial charge in [0.25, 0.3) is 5.91 Å². The summed E-state index contributed by atoms with van der Waals surface area (Å²) < 4.78 is 5.79. The molecule has 2 N–H and O–H groups in total. The monoisotopic (exact) mass is 387 g/mol. The summed E-state index contributed by atoms with van der Waals surface area (Å²) in [7, 11) is 0. The van der Waals surface area contributed by atoms with E-state index in [0.29, 0.717) is 23.6 Å². The molecular weight excluding hydrogens is 366 g/mol. The number of nitrogens with one attached hydrogen (secondary N) is 2. The van der Waals surface area contributed by atoms with Gasteiger partial charge in [-0.15, -0.1) is 0 Å². The molecule has 0 saturated heterocycles. The fourth-order valence-electron chi connectivity index (χ4n) is 2.60. The molecule has 0 aliphatic heterocycles. The second-order valence-electron chi connectivity index (χ2n) is 6.31. The summed E-state index contributed by atoms with van der Waals surface area (Å²) in [5.41, 5.74) is 5.31. The predicted molar refractivity (Wildman–Crippen MR) is 113 cm³/mol. The van der Waals surface area contributed by atoms with Crippen molar-refractivity contribution in [3.63, 3.8) is 0 Å². The minimum Gasteiger partial charge on any atom is -0.489 e. The SMILES string of the molecule is CC(=O)Nc1cccc(C(=O)NN=Cc2cccc(OCc3ccccc3)c2)c1. The number of hydrogen-bond donors (Lipinski definition) is 2. The van der Waals surface area contributed by atoms with Gasteiger partial charge in [0.1, 0.15) is 12.4 Å². The highest BCUT2D eigenvalue weighted by molar-refractivity contribution is 5.97. The van der Waals surface area contributed by atoms with Gasteiger partial charge < -0.3 is 10.1 Å². The Labute approximate surface area is 169 Å². The van der Waals surface area contributed by atoms with E-state index >= 15 is 0 Å². The molecule has 0 aliphatic carbocycles. The van der Waals surface area contributed by atoms with Gasteiger partial charge in [0, 0.05) is 18.2 Å². The van der Waals surface area contributed by atoms with Gasteiger partial charge in [-0.05, 0) is 41.5 Å². The Bertz CT molecular complexity index is 1020.